The standard InChI is InChI=1S/C19H21N3OS/c1-3-14(2)22(13-15-9-5-4-6-10-15)19(23)21-18-20-16-11-7-8-12-17(16)24-18/h4-12,14H,3,13H2,1-2H3,(H,20,21,23). The molecule has 1 unspecified atom stereocenters. The van der Waals surface area contributed by atoms with Crippen molar-refractivity contribution in [3.63, 3.8) is 0 Å². The molecule has 0 bridgehead atoms. The number of anilines is 1. The number of aromatic nitrogens is 1. The smallest absolute Gasteiger partial charge is 0.317 e. The van der Waals surface area contributed by atoms with E-state index < -0.39 is 0 Å². The summed E-state index contributed by atoms with van der Waals surface area (Å²) in [5, 5.41) is 3.60. The van der Waals surface area contributed by atoms with Crippen molar-refractivity contribution in [3.8, 4) is 0 Å². The second-order valence-electron chi connectivity index (χ2n) is 5.79. The number of carbonyl (C=O) groups is 1. The molecule has 0 radical (unpaired) electrons. The maximum atomic E-state index is 12.8. The van der Waals surface area contributed by atoms with Crippen LogP contribution < -0.4 is 5.32 Å². The summed E-state index contributed by atoms with van der Waals surface area (Å²) in [4.78, 5) is 19.1. The zero-order chi connectivity index (χ0) is 16.9. The Balaban J connectivity index is 1.77. The van der Waals surface area contributed by atoms with E-state index in [4.69, 9.17) is 0 Å². The highest BCUT2D eigenvalue weighted by Crippen LogP contribution is 2.26. The number of amides is 2. The second-order valence-corrected chi connectivity index (χ2v) is 6.82. The van der Waals surface area contributed by atoms with Crippen LogP contribution in [0.3, 0.4) is 0 Å². The van der Waals surface area contributed by atoms with Crippen LogP contribution >= 0.6 is 11.3 Å². The summed E-state index contributed by atoms with van der Waals surface area (Å²) >= 11 is 1.50. The third-order valence-electron chi connectivity index (χ3n) is 4.09. The molecule has 4 nitrogen and oxygen atoms in total. The van der Waals surface area contributed by atoms with Crippen molar-refractivity contribution in [2.75, 3.05) is 5.32 Å². The number of fused-ring (bicyclic) bond motifs is 1. The summed E-state index contributed by atoms with van der Waals surface area (Å²) in [7, 11) is 0. The summed E-state index contributed by atoms with van der Waals surface area (Å²) in [6, 6.07) is 18.0. The van der Waals surface area contributed by atoms with Crippen LogP contribution in [0.5, 0.6) is 0 Å². The van der Waals surface area contributed by atoms with E-state index in [-0.39, 0.29) is 12.1 Å². The molecule has 2 aromatic carbocycles. The zero-order valence-electron chi connectivity index (χ0n) is 13.9. The van der Waals surface area contributed by atoms with Gasteiger partial charge in [0.1, 0.15) is 0 Å². The largest absolute Gasteiger partial charge is 0.324 e. The molecule has 24 heavy (non-hydrogen) atoms. The van der Waals surface area contributed by atoms with Crippen LogP contribution in [0.2, 0.25) is 0 Å². The Labute approximate surface area is 146 Å². The van der Waals surface area contributed by atoms with Gasteiger partial charge in [0.15, 0.2) is 5.13 Å². The molecule has 124 valence electrons. The van der Waals surface area contributed by atoms with E-state index >= 15 is 0 Å². The highest BCUT2D eigenvalue weighted by atomic mass is 32.1. The molecule has 0 saturated heterocycles. The lowest BCUT2D eigenvalue weighted by molar-refractivity contribution is 0.187. The van der Waals surface area contributed by atoms with Gasteiger partial charge in [-0.15, -0.1) is 0 Å². The lowest BCUT2D eigenvalue weighted by atomic mass is 10.1. The summed E-state index contributed by atoms with van der Waals surface area (Å²) in [6.45, 7) is 4.75. The molecule has 5 heteroatoms. The molecule has 0 fully saturated rings. The number of nitrogens with one attached hydrogen (secondary N) is 1. The van der Waals surface area contributed by atoms with Gasteiger partial charge in [0.05, 0.1) is 10.2 Å². The average Bonchev–Trinajstić information content (AvgIpc) is 3.02. The number of hydrogen-bond donors (Lipinski definition) is 1. The molecule has 3 rings (SSSR count). The van der Waals surface area contributed by atoms with Gasteiger partial charge in [-0.2, -0.15) is 0 Å². The van der Waals surface area contributed by atoms with Crippen molar-refractivity contribution in [1.29, 1.82) is 0 Å². The first-order valence-electron chi connectivity index (χ1n) is 8.14. The van der Waals surface area contributed by atoms with E-state index in [0.29, 0.717) is 11.7 Å². The van der Waals surface area contributed by atoms with Gasteiger partial charge in [-0.3, -0.25) is 5.32 Å². The quantitative estimate of drug-likeness (QED) is 0.700. The summed E-state index contributed by atoms with van der Waals surface area (Å²) in [5.41, 5.74) is 2.04. The zero-order valence-corrected chi connectivity index (χ0v) is 14.7. The number of benzene rings is 2. The van der Waals surface area contributed by atoms with E-state index in [1.54, 1.807) is 0 Å². The van der Waals surface area contributed by atoms with Crippen LogP contribution in [0.15, 0.2) is 54.6 Å². The fourth-order valence-electron chi connectivity index (χ4n) is 2.52. The third-order valence-corrected chi connectivity index (χ3v) is 5.04. The minimum absolute atomic E-state index is 0.104. The summed E-state index contributed by atoms with van der Waals surface area (Å²) in [5.74, 6) is 0. The Hall–Kier alpha value is -2.40. The predicted octanol–water partition coefficient (Wildman–Crippen LogP) is 5.13. The molecule has 0 aliphatic rings. The number of urea groups is 1. The van der Waals surface area contributed by atoms with E-state index in [2.05, 4.69) is 24.1 Å². The van der Waals surface area contributed by atoms with Crippen molar-refractivity contribution < 1.29 is 4.79 Å². The fourth-order valence-corrected chi connectivity index (χ4v) is 3.37. The molecule has 3 aromatic rings. The van der Waals surface area contributed by atoms with Crippen LogP contribution in [0, 0.1) is 0 Å². The van der Waals surface area contributed by atoms with Crippen LogP contribution in [0.1, 0.15) is 25.8 Å². The van der Waals surface area contributed by atoms with Crippen molar-refractivity contribution in [1.82, 2.24) is 9.88 Å². The molecule has 1 heterocycles. The van der Waals surface area contributed by atoms with Gasteiger partial charge in [-0.25, -0.2) is 9.78 Å². The van der Waals surface area contributed by atoms with Gasteiger partial charge < -0.3 is 4.90 Å². The molecule has 0 saturated carbocycles. The predicted molar refractivity (Wildman–Crippen MR) is 100 cm³/mol. The number of hydrogen-bond acceptors (Lipinski definition) is 3. The van der Waals surface area contributed by atoms with Gasteiger partial charge >= 0.3 is 6.03 Å². The van der Waals surface area contributed by atoms with Crippen molar-refractivity contribution in [2.45, 2.75) is 32.9 Å². The van der Waals surface area contributed by atoms with E-state index in [1.807, 2.05) is 59.5 Å². The highest BCUT2D eigenvalue weighted by molar-refractivity contribution is 7.22. The van der Waals surface area contributed by atoms with E-state index in [9.17, 15) is 4.79 Å². The van der Waals surface area contributed by atoms with E-state index in [1.165, 1.54) is 11.3 Å². The van der Waals surface area contributed by atoms with E-state index in [0.717, 1.165) is 22.2 Å². The topological polar surface area (TPSA) is 45.2 Å². The number of para-hydroxylation sites is 1. The number of rotatable bonds is 5. The van der Waals surface area contributed by atoms with Crippen LogP contribution in [-0.4, -0.2) is 22.0 Å². The second kappa shape index (κ2) is 7.45. The van der Waals surface area contributed by atoms with Crippen LogP contribution in [-0.2, 0) is 6.54 Å². The highest BCUT2D eigenvalue weighted by Gasteiger charge is 2.20. The third kappa shape index (κ3) is 3.74. The summed E-state index contributed by atoms with van der Waals surface area (Å²) < 4.78 is 1.07. The fraction of sp³-hybridized carbons (Fsp3) is 0.263. The maximum absolute atomic E-state index is 12.8. The molecule has 0 aliphatic carbocycles. The van der Waals surface area contributed by atoms with Gasteiger partial charge in [-0.1, -0.05) is 60.7 Å². The first-order valence-corrected chi connectivity index (χ1v) is 8.96. The minimum Gasteiger partial charge on any atom is -0.317 e. The van der Waals surface area contributed by atoms with Gasteiger partial charge in [0.25, 0.3) is 0 Å². The Bertz CT molecular complexity index is 783. The first-order chi connectivity index (χ1) is 11.7. The molecule has 0 spiro atoms. The van der Waals surface area contributed by atoms with Gasteiger partial charge in [0.2, 0.25) is 0 Å². The Kier molecular flexibility index (Phi) is 5.11. The van der Waals surface area contributed by atoms with Crippen molar-refractivity contribution in [3.05, 3.63) is 60.2 Å². The molecule has 0 aliphatic heterocycles. The number of carbonyl (C=O) groups excluding carboxylic acids is 1. The Morgan fingerprint density at radius 2 is 1.88 bits per heavy atom. The lowest BCUT2D eigenvalue weighted by Gasteiger charge is -2.28. The van der Waals surface area contributed by atoms with Gasteiger partial charge in [0, 0.05) is 12.6 Å². The lowest BCUT2D eigenvalue weighted by Crippen LogP contribution is -2.40. The molecule has 1 atom stereocenters. The van der Waals surface area contributed by atoms with Crippen molar-refractivity contribution >= 4 is 32.7 Å². The monoisotopic (exact) mass is 339 g/mol. The Morgan fingerprint density at radius 1 is 1.17 bits per heavy atom. The minimum atomic E-state index is -0.104. The normalized spacial score (nSPS) is 12.1. The number of thiazole rings is 1. The van der Waals surface area contributed by atoms with Crippen molar-refractivity contribution in [2.24, 2.45) is 0 Å². The van der Waals surface area contributed by atoms with Crippen LogP contribution in [0.4, 0.5) is 9.93 Å². The van der Waals surface area contributed by atoms with Gasteiger partial charge in [-0.05, 0) is 31.0 Å². The molecular formula is C19H21N3OS. The molecular weight excluding hydrogens is 318 g/mol. The number of nitrogens with zero attached hydrogens (tertiary/aromatic N) is 2. The molecule has 1 aromatic heterocycles. The van der Waals surface area contributed by atoms with Crippen LogP contribution in [0.25, 0.3) is 10.2 Å². The SMILES string of the molecule is CCC(C)N(Cc1ccccc1)C(=O)Nc1nc2ccccc2s1. The first kappa shape index (κ1) is 16.5. The molecule has 2 amide bonds. The maximum Gasteiger partial charge on any atom is 0.324 e. The summed E-state index contributed by atoms with van der Waals surface area (Å²) in [6.07, 6.45) is 0.903. The average molecular weight is 339 g/mol. The Morgan fingerprint density at radius 3 is 2.58 bits per heavy atom. The molecule has 1 N–H and O–H groups in total.